The Hall–Kier alpha value is -4.28. The first-order valence-corrected chi connectivity index (χ1v) is 13.9. The zero-order valence-electron chi connectivity index (χ0n) is 22.8. The largest absolute Gasteiger partial charge is 0.384 e. The molecule has 210 valence electrons. The van der Waals surface area contributed by atoms with Gasteiger partial charge in [-0.1, -0.05) is 30.3 Å². The van der Waals surface area contributed by atoms with Crippen molar-refractivity contribution in [2.45, 2.75) is 64.1 Å². The van der Waals surface area contributed by atoms with Crippen molar-refractivity contribution in [3.8, 4) is 0 Å². The number of aromatic nitrogens is 4. The van der Waals surface area contributed by atoms with E-state index in [2.05, 4.69) is 15.4 Å². The highest BCUT2D eigenvalue weighted by Gasteiger charge is 2.34. The summed E-state index contributed by atoms with van der Waals surface area (Å²) in [5, 5.41) is 7.85. The number of fused-ring (bicyclic) bond motifs is 2. The van der Waals surface area contributed by atoms with Gasteiger partial charge >= 0.3 is 0 Å². The minimum atomic E-state index is -0.529. The third-order valence-electron chi connectivity index (χ3n) is 7.56. The lowest BCUT2D eigenvalue weighted by atomic mass is 9.99. The Morgan fingerprint density at radius 2 is 1.85 bits per heavy atom. The van der Waals surface area contributed by atoms with Crippen LogP contribution in [0.1, 0.15) is 65.7 Å². The van der Waals surface area contributed by atoms with E-state index in [9.17, 15) is 14.4 Å². The van der Waals surface area contributed by atoms with Gasteiger partial charge in [0.1, 0.15) is 23.5 Å². The van der Waals surface area contributed by atoms with Crippen LogP contribution in [0.2, 0.25) is 0 Å². The lowest BCUT2D eigenvalue weighted by Gasteiger charge is -2.36. The van der Waals surface area contributed by atoms with E-state index < -0.39 is 12.1 Å². The van der Waals surface area contributed by atoms with Crippen LogP contribution in [0.4, 0.5) is 5.82 Å². The highest BCUT2D eigenvalue weighted by Crippen LogP contribution is 2.23. The van der Waals surface area contributed by atoms with Crippen molar-refractivity contribution < 1.29 is 14.4 Å². The molecule has 1 aromatic carbocycles. The van der Waals surface area contributed by atoms with Gasteiger partial charge in [0.25, 0.3) is 5.91 Å². The van der Waals surface area contributed by atoms with E-state index in [1.54, 1.807) is 26.6 Å². The molecule has 2 aliphatic rings. The van der Waals surface area contributed by atoms with Crippen LogP contribution in [0.25, 0.3) is 0 Å². The van der Waals surface area contributed by atoms with E-state index in [-0.39, 0.29) is 24.1 Å². The number of benzene rings is 1. The van der Waals surface area contributed by atoms with E-state index in [4.69, 9.17) is 10.7 Å². The Kier molecular flexibility index (Phi) is 8.37. The third kappa shape index (κ3) is 6.30. The monoisotopic (exact) mass is 544 g/mol. The number of nitrogens with two attached hydrogens (primary N) is 1. The molecule has 40 heavy (non-hydrogen) atoms. The van der Waals surface area contributed by atoms with Crippen molar-refractivity contribution in [1.29, 1.82) is 0 Å². The lowest BCUT2D eigenvalue weighted by molar-refractivity contribution is -0.142. The van der Waals surface area contributed by atoms with Crippen LogP contribution in [-0.2, 0) is 22.6 Å². The van der Waals surface area contributed by atoms with Crippen molar-refractivity contribution in [2.75, 3.05) is 25.4 Å². The van der Waals surface area contributed by atoms with Gasteiger partial charge in [0, 0.05) is 32.3 Å². The Morgan fingerprint density at radius 3 is 2.62 bits per heavy atom. The summed E-state index contributed by atoms with van der Waals surface area (Å²) >= 11 is 0. The third-order valence-corrected chi connectivity index (χ3v) is 7.56. The van der Waals surface area contributed by atoms with Gasteiger partial charge in [-0.15, -0.1) is 0 Å². The van der Waals surface area contributed by atoms with Gasteiger partial charge in [-0.2, -0.15) is 5.10 Å². The fourth-order valence-electron chi connectivity index (χ4n) is 5.53. The molecule has 0 spiro atoms. The fraction of sp³-hybridized carbons (Fsp3) is 0.448. The summed E-state index contributed by atoms with van der Waals surface area (Å²) in [4.78, 5) is 52.7. The number of rotatable bonds is 3. The summed E-state index contributed by atoms with van der Waals surface area (Å²) in [5.41, 5.74) is 7.20. The number of piperidine rings is 1. The van der Waals surface area contributed by atoms with Crippen molar-refractivity contribution >= 4 is 23.5 Å². The summed E-state index contributed by atoms with van der Waals surface area (Å²) in [6.07, 6.45) is 5.11. The molecule has 2 atom stereocenters. The number of hydrogen-bond acceptors (Lipinski definition) is 7. The topological polar surface area (TPSA) is 139 Å². The molecule has 3 amide bonds. The maximum Gasteiger partial charge on any atom is 0.255 e. The number of carbonyl (C=O) groups excluding carboxylic acids is 3. The molecule has 1 saturated heterocycles. The molecular formula is C29H36N8O3. The predicted octanol–water partition coefficient (Wildman–Crippen LogP) is 2.28. The minimum Gasteiger partial charge on any atom is -0.384 e. The summed E-state index contributed by atoms with van der Waals surface area (Å²) < 4.78 is 1.79. The molecule has 5 rings (SSSR count). The highest BCUT2D eigenvalue weighted by atomic mass is 16.2. The van der Waals surface area contributed by atoms with Gasteiger partial charge in [0.05, 0.1) is 18.2 Å². The molecule has 2 aromatic heterocycles. The molecule has 2 aliphatic heterocycles. The van der Waals surface area contributed by atoms with E-state index in [0.29, 0.717) is 68.5 Å². The number of hydrogen-bond donors (Lipinski definition) is 2. The number of aryl methyl sites for hydroxylation is 1. The van der Waals surface area contributed by atoms with E-state index in [1.807, 2.05) is 37.3 Å². The van der Waals surface area contributed by atoms with E-state index >= 15 is 0 Å². The predicted molar refractivity (Wildman–Crippen MR) is 149 cm³/mol. The van der Waals surface area contributed by atoms with Crippen molar-refractivity contribution in [3.05, 3.63) is 71.4 Å². The Bertz CT molecular complexity index is 1340. The van der Waals surface area contributed by atoms with Crippen LogP contribution in [-0.4, -0.2) is 72.9 Å². The minimum absolute atomic E-state index is 0.0583. The van der Waals surface area contributed by atoms with Crippen molar-refractivity contribution in [1.82, 2.24) is 34.9 Å². The maximum atomic E-state index is 13.7. The Balaban J connectivity index is 1.49. The SMILES string of the molecule is Cc1nc2n(n1)CCN(C(=O)c1ccc(N)nc1)CCCC(=O)N1CCCC[C@H]1C(=O)N[C@@H]2Cc1ccccc1. The van der Waals surface area contributed by atoms with Gasteiger partial charge in [-0.25, -0.2) is 14.6 Å². The molecule has 0 aliphatic carbocycles. The van der Waals surface area contributed by atoms with Gasteiger partial charge in [0.15, 0.2) is 0 Å². The first-order chi connectivity index (χ1) is 19.4. The summed E-state index contributed by atoms with van der Waals surface area (Å²) in [5.74, 6) is 1.15. The van der Waals surface area contributed by atoms with Crippen LogP contribution >= 0.6 is 0 Å². The van der Waals surface area contributed by atoms with Gasteiger partial charge < -0.3 is 20.9 Å². The van der Waals surface area contributed by atoms with Crippen LogP contribution in [0, 0.1) is 6.92 Å². The zero-order chi connectivity index (χ0) is 28.1. The summed E-state index contributed by atoms with van der Waals surface area (Å²) in [6.45, 7) is 3.49. The van der Waals surface area contributed by atoms with Crippen LogP contribution in [0.15, 0.2) is 48.7 Å². The number of amides is 3. The summed E-state index contributed by atoms with van der Waals surface area (Å²) in [7, 11) is 0. The molecular weight excluding hydrogens is 508 g/mol. The highest BCUT2D eigenvalue weighted by molar-refractivity contribution is 5.94. The quantitative estimate of drug-likeness (QED) is 0.516. The second-order valence-electron chi connectivity index (χ2n) is 10.5. The number of nitrogen functional groups attached to an aromatic ring is 1. The first-order valence-electron chi connectivity index (χ1n) is 13.9. The number of nitrogens with one attached hydrogen (secondary N) is 1. The van der Waals surface area contributed by atoms with Crippen LogP contribution in [0.3, 0.4) is 0 Å². The molecule has 1 fully saturated rings. The maximum absolute atomic E-state index is 13.7. The van der Waals surface area contributed by atoms with Gasteiger partial charge in [0.2, 0.25) is 11.8 Å². The molecule has 11 heteroatoms. The Labute approximate surface area is 233 Å². The van der Waals surface area contributed by atoms with Crippen molar-refractivity contribution in [3.63, 3.8) is 0 Å². The van der Waals surface area contributed by atoms with Gasteiger partial charge in [-0.05, 0) is 56.7 Å². The molecule has 0 radical (unpaired) electrons. The van der Waals surface area contributed by atoms with Gasteiger partial charge in [-0.3, -0.25) is 14.4 Å². The normalized spacial score (nSPS) is 20.7. The zero-order valence-corrected chi connectivity index (χ0v) is 22.8. The Morgan fingerprint density at radius 1 is 1.02 bits per heavy atom. The molecule has 0 bridgehead atoms. The number of anilines is 1. The molecule has 0 unspecified atom stereocenters. The average Bonchev–Trinajstić information content (AvgIpc) is 3.34. The second-order valence-corrected chi connectivity index (χ2v) is 10.5. The lowest BCUT2D eigenvalue weighted by Crippen LogP contribution is -2.53. The molecule has 11 nitrogen and oxygen atoms in total. The number of nitrogens with zero attached hydrogens (tertiary/aromatic N) is 6. The molecule has 3 N–H and O–H groups in total. The summed E-state index contributed by atoms with van der Waals surface area (Å²) in [6, 6.07) is 12.2. The average molecular weight is 545 g/mol. The number of carbonyl (C=O) groups is 3. The standard InChI is InChI=1S/C29H36N8O3/c1-20-32-27-23(18-21-8-3-2-4-9-21)33-28(39)24-10-5-6-15-36(24)26(38)11-7-14-35(16-17-37(27)34-20)29(40)22-12-13-25(30)31-19-22/h2-4,8-9,12-13,19,23-24H,5-7,10-11,14-18H2,1H3,(H2,30,31)(H,33,39)/t23-,24+/m1/s1. The van der Waals surface area contributed by atoms with E-state index in [1.165, 1.54) is 6.20 Å². The van der Waals surface area contributed by atoms with Crippen LogP contribution in [0.5, 0.6) is 0 Å². The molecule has 0 saturated carbocycles. The number of pyridine rings is 1. The van der Waals surface area contributed by atoms with E-state index in [0.717, 1.165) is 18.4 Å². The first kappa shape index (κ1) is 27.3. The van der Waals surface area contributed by atoms with Crippen molar-refractivity contribution in [2.24, 2.45) is 0 Å². The smallest absolute Gasteiger partial charge is 0.255 e. The second kappa shape index (κ2) is 12.3. The molecule has 3 aromatic rings. The van der Waals surface area contributed by atoms with Crippen LogP contribution < -0.4 is 11.1 Å². The molecule has 4 heterocycles. The fourth-order valence-corrected chi connectivity index (χ4v) is 5.53.